The largest absolute Gasteiger partial charge is 0.298 e. The van der Waals surface area contributed by atoms with Gasteiger partial charge in [-0.05, 0) is 11.4 Å². The molecule has 0 unspecified atom stereocenters. The van der Waals surface area contributed by atoms with Gasteiger partial charge in [-0.3, -0.25) is 4.79 Å². The van der Waals surface area contributed by atoms with Crippen molar-refractivity contribution in [1.82, 2.24) is 0 Å². The topological polar surface area (TPSA) is 17.1 Å². The van der Waals surface area contributed by atoms with E-state index in [4.69, 9.17) is 0 Å². The van der Waals surface area contributed by atoms with Crippen LogP contribution in [0.3, 0.4) is 0 Å². The number of carbonyl (C=O) groups is 1. The van der Waals surface area contributed by atoms with Crippen LogP contribution in [0, 0.1) is 0 Å². The zero-order chi connectivity index (χ0) is 6.97. The molecule has 0 aromatic carbocycles. The Morgan fingerprint density at radius 3 is 3.30 bits per heavy atom. The number of Topliss-reactive ketones (excluding diaryl/α,β-unsaturated/α-hetero) is 1. The molecule has 0 amide bonds. The lowest BCUT2D eigenvalue weighted by Gasteiger charge is -2.07. The summed E-state index contributed by atoms with van der Waals surface area (Å²) in [6.45, 7) is 0. The Kier molecular flexibility index (Phi) is 1.54. The number of hydrogen-bond acceptors (Lipinski definition) is 3. The van der Waals surface area contributed by atoms with Crippen LogP contribution in [0.25, 0.3) is 0 Å². The van der Waals surface area contributed by atoms with Gasteiger partial charge in [-0.1, -0.05) is 0 Å². The van der Waals surface area contributed by atoms with Gasteiger partial charge in [0.1, 0.15) is 5.78 Å². The van der Waals surface area contributed by atoms with Crippen molar-refractivity contribution in [3.05, 3.63) is 16.3 Å². The fourth-order valence-electron chi connectivity index (χ4n) is 0.975. The van der Waals surface area contributed by atoms with E-state index in [1.54, 1.807) is 23.1 Å². The summed E-state index contributed by atoms with van der Waals surface area (Å²) in [6, 6.07) is 2.09. The van der Waals surface area contributed by atoms with Crippen molar-refractivity contribution < 1.29 is 4.79 Å². The Labute approximate surface area is 67.4 Å². The van der Waals surface area contributed by atoms with Crippen LogP contribution in [0.4, 0.5) is 0 Å². The van der Waals surface area contributed by atoms with Gasteiger partial charge in [0.25, 0.3) is 0 Å². The molecule has 2 heterocycles. The second kappa shape index (κ2) is 2.40. The molecular weight excluding hydrogens is 164 g/mol. The molecular formula is C7H6OS2. The summed E-state index contributed by atoms with van der Waals surface area (Å²) in [7, 11) is 0. The van der Waals surface area contributed by atoms with Gasteiger partial charge in [0.05, 0.1) is 5.75 Å². The molecule has 0 fully saturated rings. The predicted molar refractivity (Wildman–Crippen MR) is 43.8 cm³/mol. The number of fused-ring (bicyclic) bond motifs is 1. The summed E-state index contributed by atoms with van der Waals surface area (Å²) in [5.74, 6) is 1.03. The van der Waals surface area contributed by atoms with Crippen LogP contribution in [0.1, 0.15) is 4.88 Å². The van der Waals surface area contributed by atoms with Gasteiger partial charge in [0.15, 0.2) is 0 Å². The fourth-order valence-corrected chi connectivity index (χ4v) is 2.99. The Bertz CT molecular complexity index is 264. The first-order chi connectivity index (χ1) is 4.86. The number of hydrogen-bond donors (Lipinski definition) is 0. The van der Waals surface area contributed by atoms with Crippen molar-refractivity contribution in [2.75, 3.05) is 5.75 Å². The minimum absolute atomic E-state index is 0.361. The number of ketones is 1. The maximum Gasteiger partial charge on any atom is 0.148 e. The third-order valence-corrected chi connectivity index (χ3v) is 3.66. The summed E-state index contributed by atoms with van der Waals surface area (Å²) in [5.41, 5.74) is 0. The van der Waals surface area contributed by atoms with E-state index in [1.807, 2.05) is 0 Å². The van der Waals surface area contributed by atoms with Gasteiger partial charge in [-0.2, -0.15) is 0 Å². The summed E-state index contributed by atoms with van der Waals surface area (Å²) < 4.78 is 0. The van der Waals surface area contributed by atoms with E-state index >= 15 is 0 Å². The van der Waals surface area contributed by atoms with E-state index in [-0.39, 0.29) is 0 Å². The molecule has 2 rings (SSSR count). The maximum atomic E-state index is 10.9. The molecule has 52 valence electrons. The molecule has 0 saturated heterocycles. The molecule has 0 spiro atoms. The standard InChI is InChI=1S/C7H6OS2/c8-5-3-7-6(10-4-5)1-2-9-7/h1-2H,3-4H2. The zero-order valence-electron chi connectivity index (χ0n) is 5.29. The second-order valence-electron chi connectivity index (χ2n) is 2.21. The maximum absolute atomic E-state index is 10.9. The van der Waals surface area contributed by atoms with Gasteiger partial charge >= 0.3 is 0 Å². The van der Waals surface area contributed by atoms with Crippen molar-refractivity contribution in [1.29, 1.82) is 0 Å². The molecule has 0 bridgehead atoms. The Hall–Kier alpha value is -0.280. The van der Waals surface area contributed by atoms with E-state index in [0.29, 0.717) is 18.0 Å². The molecule has 1 aromatic rings. The Morgan fingerprint density at radius 1 is 1.50 bits per heavy atom. The number of thioether (sulfide) groups is 1. The van der Waals surface area contributed by atoms with Gasteiger partial charge in [-0.15, -0.1) is 23.1 Å². The molecule has 0 aliphatic carbocycles. The van der Waals surface area contributed by atoms with E-state index in [2.05, 4.69) is 11.4 Å². The van der Waals surface area contributed by atoms with Crippen molar-refractivity contribution in [2.24, 2.45) is 0 Å². The van der Waals surface area contributed by atoms with Gasteiger partial charge in [0, 0.05) is 16.2 Å². The van der Waals surface area contributed by atoms with E-state index in [9.17, 15) is 4.79 Å². The van der Waals surface area contributed by atoms with Gasteiger partial charge in [-0.25, -0.2) is 0 Å². The molecule has 1 nitrogen and oxygen atoms in total. The van der Waals surface area contributed by atoms with Crippen LogP contribution < -0.4 is 0 Å². The summed E-state index contributed by atoms with van der Waals surface area (Å²) >= 11 is 3.35. The van der Waals surface area contributed by atoms with E-state index < -0.39 is 0 Å². The van der Waals surface area contributed by atoms with Crippen LogP contribution in [0.2, 0.25) is 0 Å². The van der Waals surface area contributed by atoms with Gasteiger partial charge in [0.2, 0.25) is 0 Å². The highest BCUT2D eigenvalue weighted by molar-refractivity contribution is 8.00. The summed E-state index contributed by atoms with van der Waals surface area (Å²) in [4.78, 5) is 13.5. The third-order valence-electron chi connectivity index (χ3n) is 1.45. The zero-order valence-corrected chi connectivity index (χ0v) is 6.93. The smallest absolute Gasteiger partial charge is 0.148 e. The van der Waals surface area contributed by atoms with Gasteiger partial charge < -0.3 is 0 Å². The molecule has 3 heteroatoms. The highest BCUT2D eigenvalue weighted by Crippen LogP contribution is 2.31. The molecule has 1 aliphatic heterocycles. The van der Waals surface area contributed by atoms with Crippen LogP contribution in [-0.4, -0.2) is 11.5 Å². The molecule has 0 saturated carbocycles. The molecule has 0 N–H and O–H groups in total. The third kappa shape index (κ3) is 0.995. The van der Waals surface area contributed by atoms with Crippen LogP contribution in [-0.2, 0) is 11.2 Å². The Morgan fingerprint density at radius 2 is 2.40 bits per heavy atom. The summed E-state index contributed by atoms with van der Waals surface area (Å²) in [6.07, 6.45) is 0.667. The van der Waals surface area contributed by atoms with Crippen molar-refractivity contribution in [3.63, 3.8) is 0 Å². The van der Waals surface area contributed by atoms with Crippen molar-refractivity contribution >= 4 is 28.9 Å². The van der Waals surface area contributed by atoms with E-state index in [1.165, 1.54) is 9.77 Å². The van der Waals surface area contributed by atoms with Crippen LogP contribution in [0.5, 0.6) is 0 Å². The normalized spacial score (nSPS) is 17.0. The first-order valence-corrected chi connectivity index (χ1v) is 4.93. The molecule has 0 atom stereocenters. The fraction of sp³-hybridized carbons (Fsp3) is 0.286. The monoisotopic (exact) mass is 170 g/mol. The highest BCUT2D eigenvalue weighted by atomic mass is 32.2. The highest BCUT2D eigenvalue weighted by Gasteiger charge is 2.16. The average molecular weight is 170 g/mol. The second-order valence-corrected chi connectivity index (χ2v) is 4.23. The van der Waals surface area contributed by atoms with Crippen molar-refractivity contribution in [3.8, 4) is 0 Å². The number of rotatable bonds is 0. The SMILES string of the molecule is O=C1CSc2ccsc2C1. The number of thiophene rings is 1. The molecule has 1 aliphatic rings. The lowest BCUT2D eigenvalue weighted by molar-refractivity contribution is -0.116. The minimum Gasteiger partial charge on any atom is -0.298 e. The first kappa shape index (κ1) is 6.43. The lowest BCUT2D eigenvalue weighted by Crippen LogP contribution is -2.09. The average Bonchev–Trinajstić information content (AvgIpc) is 2.33. The molecule has 0 radical (unpaired) electrons. The Balaban J connectivity index is 2.39. The number of carbonyl (C=O) groups excluding carboxylic acids is 1. The quantitative estimate of drug-likeness (QED) is 0.592. The van der Waals surface area contributed by atoms with Crippen molar-refractivity contribution in [2.45, 2.75) is 11.3 Å². The summed E-state index contributed by atoms with van der Waals surface area (Å²) in [5, 5.41) is 2.05. The van der Waals surface area contributed by atoms with Crippen LogP contribution in [0.15, 0.2) is 16.3 Å². The lowest BCUT2D eigenvalue weighted by atomic mass is 10.2. The molecule has 1 aromatic heterocycles. The minimum atomic E-state index is 0.361. The molecule has 10 heavy (non-hydrogen) atoms. The first-order valence-electron chi connectivity index (χ1n) is 3.07. The van der Waals surface area contributed by atoms with E-state index in [0.717, 1.165) is 0 Å². The predicted octanol–water partition coefficient (Wildman–Crippen LogP) is 1.97. The van der Waals surface area contributed by atoms with Crippen LogP contribution >= 0.6 is 23.1 Å².